The van der Waals surface area contributed by atoms with Gasteiger partial charge in [0.25, 0.3) is 5.91 Å². The van der Waals surface area contributed by atoms with E-state index in [0.29, 0.717) is 12.4 Å². The number of rotatable bonds is 7. The summed E-state index contributed by atoms with van der Waals surface area (Å²) in [6.45, 7) is 4.19. The van der Waals surface area contributed by atoms with Gasteiger partial charge < -0.3 is 20.5 Å². The van der Waals surface area contributed by atoms with Gasteiger partial charge in [0.2, 0.25) is 0 Å². The number of ether oxygens (including phenoxy) is 2. The van der Waals surface area contributed by atoms with Gasteiger partial charge in [-0.25, -0.2) is 0 Å². The van der Waals surface area contributed by atoms with E-state index in [1.165, 1.54) is 0 Å². The zero-order valence-corrected chi connectivity index (χ0v) is 11.7. The maximum atomic E-state index is 11.7. The van der Waals surface area contributed by atoms with Gasteiger partial charge >= 0.3 is 0 Å². The molecule has 0 fully saturated rings. The summed E-state index contributed by atoms with van der Waals surface area (Å²) in [5, 5.41) is 2.78. The smallest absolute Gasteiger partial charge is 0.258 e. The molecule has 0 bridgehead atoms. The Hall–Kier alpha value is -1.59. The molecule has 1 rings (SSSR count). The first-order valence-electron chi connectivity index (χ1n) is 6.30. The number of hydrogen-bond acceptors (Lipinski definition) is 4. The summed E-state index contributed by atoms with van der Waals surface area (Å²) >= 11 is 0. The summed E-state index contributed by atoms with van der Waals surface area (Å²) in [4.78, 5) is 11.7. The van der Waals surface area contributed by atoms with Crippen molar-refractivity contribution in [2.45, 2.75) is 25.9 Å². The Kier molecular flexibility index (Phi) is 6.32. The molecule has 19 heavy (non-hydrogen) atoms. The predicted molar refractivity (Wildman–Crippen MR) is 74.0 cm³/mol. The minimum absolute atomic E-state index is 0.0300. The molecule has 3 N–H and O–H groups in total. The average Bonchev–Trinajstić information content (AvgIpc) is 2.36. The summed E-state index contributed by atoms with van der Waals surface area (Å²) in [6.07, 6.45) is 0. The van der Waals surface area contributed by atoms with Gasteiger partial charge in [-0.15, -0.1) is 0 Å². The first-order valence-corrected chi connectivity index (χ1v) is 6.30. The van der Waals surface area contributed by atoms with Crippen LogP contribution in [0.15, 0.2) is 24.3 Å². The molecule has 5 nitrogen and oxygen atoms in total. The molecule has 5 heteroatoms. The second-order valence-electron chi connectivity index (χ2n) is 4.54. The van der Waals surface area contributed by atoms with Crippen molar-refractivity contribution in [3.8, 4) is 5.75 Å². The fourth-order valence-corrected chi connectivity index (χ4v) is 1.74. The van der Waals surface area contributed by atoms with Crippen molar-refractivity contribution in [3.05, 3.63) is 29.8 Å². The highest BCUT2D eigenvalue weighted by Crippen LogP contribution is 2.22. The Bertz CT molecular complexity index is 407. The van der Waals surface area contributed by atoms with E-state index in [-0.39, 0.29) is 24.6 Å². The Labute approximate surface area is 114 Å². The van der Waals surface area contributed by atoms with Gasteiger partial charge in [0.05, 0.1) is 6.61 Å². The standard InChI is InChI=1S/C14H22N2O3/c1-10(8-18-3)16-14(17)9-19-13-7-5-4-6-12(13)11(2)15/h4-7,10-11H,8-9,15H2,1-3H3,(H,16,17)/t10?,11-/m0/s1. The Morgan fingerprint density at radius 1 is 1.37 bits per heavy atom. The molecule has 0 aromatic heterocycles. The average molecular weight is 266 g/mol. The van der Waals surface area contributed by atoms with Crippen molar-refractivity contribution in [2.24, 2.45) is 5.73 Å². The third-order valence-electron chi connectivity index (χ3n) is 2.59. The van der Waals surface area contributed by atoms with Gasteiger partial charge in [-0.3, -0.25) is 4.79 Å². The van der Waals surface area contributed by atoms with Crippen LogP contribution in [0.5, 0.6) is 5.75 Å². The van der Waals surface area contributed by atoms with Crippen LogP contribution >= 0.6 is 0 Å². The van der Waals surface area contributed by atoms with Crippen LogP contribution in [0.2, 0.25) is 0 Å². The molecule has 106 valence electrons. The third kappa shape index (κ3) is 5.28. The fourth-order valence-electron chi connectivity index (χ4n) is 1.74. The number of para-hydroxylation sites is 1. The summed E-state index contributed by atoms with van der Waals surface area (Å²) in [6, 6.07) is 7.28. The lowest BCUT2D eigenvalue weighted by Gasteiger charge is -2.15. The van der Waals surface area contributed by atoms with Crippen LogP contribution in [0.4, 0.5) is 0 Å². The molecular formula is C14H22N2O3. The summed E-state index contributed by atoms with van der Waals surface area (Å²) in [5.74, 6) is 0.469. The summed E-state index contributed by atoms with van der Waals surface area (Å²) < 4.78 is 10.5. The fraction of sp³-hybridized carbons (Fsp3) is 0.500. The van der Waals surface area contributed by atoms with Gasteiger partial charge in [0.1, 0.15) is 5.75 Å². The minimum Gasteiger partial charge on any atom is -0.483 e. The van der Waals surface area contributed by atoms with E-state index < -0.39 is 0 Å². The maximum Gasteiger partial charge on any atom is 0.258 e. The zero-order valence-electron chi connectivity index (χ0n) is 11.7. The number of methoxy groups -OCH3 is 1. The zero-order chi connectivity index (χ0) is 14.3. The molecule has 0 heterocycles. The van der Waals surface area contributed by atoms with Crippen molar-refractivity contribution in [1.29, 1.82) is 0 Å². The number of carbonyl (C=O) groups excluding carboxylic acids is 1. The van der Waals surface area contributed by atoms with Crippen LogP contribution in [0, 0.1) is 0 Å². The molecule has 0 spiro atoms. The van der Waals surface area contributed by atoms with Crippen molar-refractivity contribution in [3.63, 3.8) is 0 Å². The van der Waals surface area contributed by atoms with Gasteiger partial charge in [-0.05, 0) is 19.9 Å². The molecule has 0 aliphatic heterocycles. The lowest BCUT2D eigenvalue weighted by atomic mass is 10.1. The van der Waals surface area contributed by atoms with E-state index in [2.05, 4.69) is 5.32 Å². The molecule has 0 saturated heterocycles. The summed E-state index contributed by atoms with van der Waals surface area (Å²) in [7, 11) is 1.60. The van der Waals surface area contributed by atoms with Crippen LogP contribution in [0.3, 0.4) is 0 Å². The number of hydrogen-bond donors (Lipinski definition) is 2. The highest BCUT2D eigenvalue weighted by Gasteiger charge is 2.11. The van der Waals surface area contributed by atoms with E-state index in [0.717, 1.165) is 5.56 Å². The van der Waals surface area contributed by atoms with Crippen LogP contribution in [0.1, 0.15) is 25.5 Å². The van der Waals surface area contributed by atoms with Gasteiger partial charge in [-0.1, -0.05) is 18.2 Å². The molecular weight excluding hydrogens is 244 g/mol. The monoisotopic (exact) mass is 266 g/mol. The molecule has 2 atom stereocenters. The van der Waals surface area contributed by atoms with Crippen molar-refractivity contribution in [1.82, 2.24) is 5.32 Å². The van der Waals surface area contributed by atoms with E-state index >= 15 is 0 Å². The Morgan fingerprint density at radius 3 is 2.68 bits per heavy atom. The second kappa shape index (κ2) is 7.76. The lowest BCUT2D eigenvalue weighted by molar-refractivity contribution is -0.124. The molecule has 0 aliphatic rings. The lowest BCUT2D eigenvalue weighted by Crippen LogP contribution is -2.38. The van der Waals surface area contributed by atoms with Crippen LogP contribution in [-0.4, -0.2) is 32.3 Å². The first-order chi connectivity index (χ1) is 9.04. The Balaban J connectivity index is 2.50. The number of nitrogens with one attached hydrogen (secondary N) is 1. The number of benzene rings is 1. The van der Waals surface area contributed by atoms with Crippen molar-refractivity contribution in [2.75, 3.05) is 20.3 Å². The Morgan fingerprint density at radius 2 is 2.05 bits per heavy atom. The summed E-state index contributed by atoms with van der Waals surface area (Å²) in [5.41, 5.74) is 6.73. The molecule has 0 radical (unpaired) electrons. The van der Waals surface area contributed by atoms with E-state index in [1.54, 1.807) is 7.11 Å². The first kappa shape index (κ1) is 15.5. The minimum atomic E-state index is -0.177. The highest BCUT2D eigenvalue weighted by atomic mass is 16.5. The van der Waals surface area contributed by atoms with Crippen molar-refractivity contribution >= 4 is 5.91 Å². The van der Waals surface area contributed by atoms with E-state index in [4.69, 9.17) is 15.2 Å². The SMILES string of the molecule is COCC(C)NC(=O)COc1ccccc1[C@H](C)N. The molecule has 1 unspecified atom stereocenters. The van der Waals surface area contributed by atoms with E-state index in [9.17, 15) is 4.79 Å². The van der Waals surface area contributed by atoms with Crippen LogP contribution in [0.25, 0.3) is 0 Å². The molecule has 1 aromatic rings. The van der Waals surface area contributed by atoms with Gasteiger partial charge in [0.15, 0.2) is 6.61 Å². The quantitative estimate of drug-likeness (QED) is 0.778. The van der Waals surface area contributed by atoms with Gasteiger partial charge in [0, 0.05) is 24.8 Å². The predicted octanol–water partition coefficient (Wildman–Crippen LogP) is 1.24. The number of carbonyl (C=O) groups is 1. The number of amides is 1. The normalized spacial score (nSPS) is 13.7. The van der Waals surface area contributed by atoms with Crippen LogP contribution in [-0.2, 0) is 9.53 Å². The topological polar surface area (TPSA) is 73.6 Å². The largest absolute Gasteiger partial charge is 0.483 e. The highest BCUT2D eigenvalue weighted by molar-refractivity contribution is 5.77. The third-order valence-corrected chi connectivity index (χ3v) is 2.59. The van der Waals surface area contributed by atoms with Gasteiger partial charge in [-0.2, -0.15) is 0 Å². The molecule has 0 aliphatic carbocycles. The number of nitrogens with two attached hydrogens (primary N) is 1. The van der Waals surface area contributed by atoms with E-state index in [1.807, 2.05) is 38.1 Å². The maximum absolute atomic E-state index is 11.7. The van der Waals surface area contributed by atoms with Crippen LogP contribution < -0.4 is 15.8 Å². The van der Waals surface area contributed by atoms with Crippen molar-refractivity contribution < 1.29 is 14.3 Å². The molecule has 0 saturated carbocycles. The molecule has 1 amide bonds. The molecule has 1 aromatic carbocycles. The second-order valence-corrected chi connectivity index (χ2v) is 4.54.